The van der Waals surface area contributed by atoms with Crippen LogP contribution in [0, 0.1) is 17.7 Å². The summed E-state index contributed by atoms with van der Waals surface area (Å²) in [5.74, 6) is -9.69. The van der Waals surface area contributed by atoms with Crippen LogP contribution in [0.4, 0.5) is 10.1 Å². The van der Waals surface area contributed by atoms with Crippen molar-refractivity contribution in [2.45, 2.75) is 56.2 Å². The Balaban J connectivity index is 1.55. The third-order valence-corrected chi connectivity index (χ3v) is 8.85. The second-order valence-corrected chi connectivity index (χ2v) is 11.5. The van der Waals surface area contributed by atoms with E-state index in [0.29, 0.717) is 0 Å². The molecule has 0 aromatic heterocycles. The number of Topliss-reactive ketones (excluding diaryl/α,β-unsaturated/α-hetero) is 2. The zero-order valence-electron chi connectivity index (χ0n) is 22.7. The smallest absolute Gasteiger partial charge is 0.255 e. The minimum Gasteiger partial charge on any atom is -0.508 e. The van der Waals surface area contributed by atoms with E-state index in [4.69, 9.17) is 5.73 Å². The number of aromatic hydroxyl groups is 1. The lowest BCUT2D eigenvalue weighted by Gasteiger charge is -2.50. The van der Waals surface area contributed by atoms with E-state index in [1.165, 1.54) is 19.0 Å². The molecular weight excluding hydrogens is 539 g/mol. The van der Waals surface area contributed by atoms with Gasteiger partial charge >= 0.3 is 0 Å². The molecule has 0 spiro atoms. The first-order valence-electron chi connectivity index (χ1n) is 13.5. The zero-order valence-corrected chi connectivity index (χ0v) is 22.7. The summed E-state index contributed by atoms with van der Waals surface area (Å²) >= 11 is 0. The van der Waals surface area contributed by atoms with E-state index >= 15 is 4.39 Å². The van der Waals surface area contributed by atoms with Crippen molar-refractivity contribution in [1.82, 2.24) is 10.2 Å². The molecule has 1 aromatic rings. The van der Waals surface area contributed by atoms with Gasteiger partial charge in [-0.1, -0.05) is 12.8 Å². The number of hydrogen-bond acceptors (Lipinski definition) is 10. The first kappa shape index (κ1) is 28.7. The molecular formula is C28H33FN4O8. The maximum atomic E-state index is 15.4. The van der Waals surface area contributed by atoms with Crippen molar-refractivity contribution in [2.24, 2.45) is 17.6 Å². The van der Waals surface area contributed by atoms with Crippen molar-refractivity contribution in [2.75, 3.05) is 26.0 Å². The fourth-order valence-corrected chi connectivity index (χ4v) is 6.92. The number of nitrogens with one attached hydrogen (secondary N) is 2. The highest BCUT2D eigenvalue weighted by atomic mass is 19.1. The van der Waals surface area contributed by atoms with Crippen LogP contribution in [0.25, 0.3) is 5.76 Å². The van der Waals surface area contributed by atoms with Gasteiger partial charge in [0.25, 0.3) is 5.91 Å². The molecule has 2 amide bonds. The van der Waals surface area contributed by atoms with Crippen LogP contribution in [0.2, 0.25) is 0 Å². The number of nitrogens with zero attached hydrogens (tertiary/aromatic N) is 1. The number of primary amides is 1. The largest absolute Gasteiger partial charge is 0.508 e. The molecule has 41 heavy (non-hydrogen) atoms. The highest BCUT2D eigenvalue weighted by molar-refractivity contribution is 6.24. The summed E-state index contributed by atoms with van der Waals surface area (Å²) in [6.45, 7) is -0.0789. The number of amides is 2. The molecule has 8 N–H and O–H groups in total. The summed E-state index contributed by atoms with van der Waals surface area (Å²) in [5.41, 5.74) is 0.330. The molecule has 0 saturated heterocycles. The normalized spacial score (nSPS) is 28.1. The maximum absolute atomic E-state index is 15.4. The quantitative estimate of drug-likeness (QED) is 0.187. The van der Waals surface area contributed by atoms with Crippen LogP contribution in [0.3, 0.4) is 0 Å². The number of ketones is 2. The molecule has 0 radical (unpaired) electrons. The Kier molecular flexibility index (Phi) is 7.16. The van der Waals surface area contributed by atoms with Crippen LogP contribution in [0.15, 0.2) is 23.0 Å². The standard InChI is InChI=1S/C28H33FN4O8/c1-33(2)21-14-8-11-7-13-15(29)9-16(32-17(34)10-31-12-5-3-4-6-12)22(35)19(13)23(36)18(11)25(38)28(14,41)26(39)20(24(21)37)27(30)40/h9,11-12,14,21,31,35-36,39,41H,3-8,10H2,1-2H3,(H2,30,40)(H,32,34)/t11?,14-,21?,28-/m0/s1. The molecule has 220 valence electrons. The van der Waals surface area contributed by atoms with Gasteiger partial charge in [-0.15, -0.1) is 0 Å². The van der Waals surface area contributed by atoms with Gasteiger partial charge in [-0.05, 0) is 45.7 Å². The number of rotatable bonds is 6. The van der Waals surface area contributed by atoms with Crippen LogP contribution >= 0.6 is 0 Å². The molecule has 1 aromatic carbocycles. The first-order valence-corrected chi connectivity index (χ1v) is 13.5. The van der Waals surface area contributed by atoms with Crippen molar-refractivity contribution < 1.29 is 44.0 Å². The summed E-state index contributed by atoms with van der Waals surface area (Å²) < 4.78 is 15.4. The number of phenolic OH excluding ortho intramolecular Hbond substituents is 1. The molecule has 2 unspecified atom stereocenters. The summed E-state index contributed by atoms with van der Waals surface area (Å²) in [4.78, 5) is 53.0. The van der Waals surface area contributed by atoms with Crippen molar-refractivity contribution in [1.29, 1.82) is 0 Å². The van der Waals surface area contributed by atoms with Gasteiger partial charge in [-0.25, -0.2) is 4.39 Å². The molecule has 2 saturated carbocycles. The Morgan fingerprint density at radius 2 is 1.83 bits per heavy atom. The number of carbonyl (C=O) groups excluding carboxylic acids is 4. The number of aliphatic hydroxyl groups is 3. The Morgan fingerprint density at radius 1 is 1.17 bits per heavy atom. The number of phenols is 1. The lowest BCUT2D eigenvalue weighted by Crippen LogP contribution is -2.65. The fraction of sp³-hybridized carbons (Fsp3) is 0.500. The molecule has 2 fully saturated rings. The summed E-state index contributed by atoms with van der Waals surface area (Å²) in [5, 5.41) is 50.3. The van der Waals surface area contributed by atoms with Crippen molar-refractivity contribution in [3.63, 3.8) is 0 Å². The topological polar surface area (TPSA) is 203 Å². The fourth-order valence-electron chi connectivity index (χ4n) is 6.92. The predicted molar refractivity (Wildman–Crippen MR) is 143 cm³/mol. The van der Waals surface area contributed by atoms with Gasteiger partial charge in [0, 0.05) is 29.2 Å². The van der Waals surface area contributed by atoms with Crippen LogP contribution in [0.1, 0.15) is 43.2 Å². The minimum absolute atomic E-state index is 0.0789. The van der Waals surface area contributed by atoms with E-state index in [-0.39, 0.29) is 36.7 Å². The number of halogens is 1. The number of nitrogens with two attached hydrogens (primary N) is 1. The minimum atomic E-state index is -2.80. The van der Waals surface area contributed by atoms with Gasteiger partial charge in [0.05, 0.1) is 23.8 Å². The summed E-state index contributed by atoms with van der Waals surface area (Å²) in [6, 6.07) is -0.113. The molecule has 12 nitrogen and oxygen atoms in total. The van der Waals surface area contributed by atoms with Crippen molar-refractivity contribution >= 4 is 34.8 Å². The second-order valence-electron chi connectivity index (χ2n) is 11.5. The predicted octanol–water partition coefficient (Wildman–Crippen LogP) is 0.574. The molecule has 13 heteroatoms. The third-order valence-electron chi connectivity index (χ3n) is 8.85. The summed E-state index contributed by atoms with van der Waals surface area (Å²) in [6.07, 6.45) is 3.64. The zero-order chi connectivity index (χ0) is 30.0. The number of carbonyl (C=O) groups is 4. The van der Waals surface area contributed by atoms with Crippen LogP contribution in [-0.4, -0.2) is 87.0 Å². The van der Waals surface area contributed by atoms with Gasteiger partial charge in [-0.2, -0.15) is 0 Å². The molecule has 4 atom stereocenters. The van der Waals surface area contributed by atoms with Gasteiger partial charge in [0.15, 0.2) is 17.1 Å². The van der Waals surface area contributed by atoms with Gasteiger partial charge in [0.2, 0.25) is 11.7 Å². The van der Waals surface area contributed by atoms with E-state index < -0.39 is 86.7 Å². The number of hydrogen-bond donors (Lipinski definition) is 7. The van der Waals surface area contributed by atoms with Crippen LogP contribution in [-0.2, 0) is 25.6 Å². The lowest BCUT2D eigenvalue weighted by molar-refractivity contribution is -0.153. The number of likely N-dealkylation sites (N-methyl/N-ethyl adjacent to an activating group) is 1. The molecule has 4 aliphatic carbocycles. The molecule has 0 heterocycles. The SMILES string of the molecule is CN(C)C1C(=O)C(C(N)=O)=C(O)[C@@]2(O)C(=O)C3=C(O)c4c(O)c(NC(=O)CNC5CCCC5)cc(F)c4CC3C[C@@H]12. The summed E-state index contributed by atoms with van der Waals surface area (Å²) in [7, 11) is 2.98. The Morgan fingerprint density at radius 3 is 2.44 bits per heavy atom. The van der Waals surface area contributed by atoms with Gasteiger partial charge in [-0.3, -0.25) is 24.1 Å². The average molecular weight is 573 g/mol. The van der Waals surface area contributed by atoms with E-state index in [9.17, 15) is 39.6 Å². The van der Waals surface area contributed by atoms with Crippen LogP contribution < -0.4 is 16.4 Å². The number of fused-ring (bicyclic) bond motifs is 3. The number of benzene rings is 1. The molecule has 4 aliphatic rings. The number of anilines is 1. The monoisotopic (exact) mass is 572 g/mol. The Labute approximate surface area is 234 Å². The van der Waals surface area contributed by atoms with E-state index in [2.05, 4.69) is 10.6 Å². The van der Waals surface area contributed by atoms with E-state index in [1.807, 2.05) is 0 Å². The molecule has 0 aliphatic heterocycles. The van der Waals surface area contributed by atoms with Crippen LogP contribution in [0.5, 0.6) is 5.75 Å². The molecule has 5 rings (SSSR count). The van der Waals surface area contributed by atoms with Gasteiger partial charge < -0.3 is 36.8 Å². The highest BCUT2D eigenvalue weighted by Crippen LogP contribution is 2.53. The second kappa shape index (κ2) is 10.2. The Hall–Kier alpha value is -3.81. The lowest BCUT2D eigenvalue weighted by atomic mass is 9.57. The van der Waals surface area contributed by atoms with Crippen molar-refractivity contribution in [3.8, 4) is 5.75 Å². The Bertz CT molecular complexity index is 1430. The average Bonchev–Trinajstić information content (AvgIpc) is 3.41. The number of aliphatic hydroxyl groups excluding tert-OH is 2. The van der Waals surface area contributed by atoms with E-state index in [0.717, 1.165) is 31.7 Å². The highest BCUT2D eigenvalue weighted by Gasteiger charge is 2.64. The molecule has 0 bridgehead atoms. The third kappa shape index (κ3) is 4.39. The van der Waals surface area contributed by atoms with Gasteiger partial charge in [0.1, 0.15) is 22.9 Å². The van der Waals surface area contributed by atoms with Crippen molar-refractivity contribution in [3.05, 3.63) is 39.9 Å². The van der Waals surface area contributed by atoms with E-state index in [1.54, 1.807) is 0 Å². The first-order chi connectivity index (χ1) is 19.3. The maximum Gasteiger partial charge on any atom is 0.255 e.